The Morgan fingerprint density at radius 1 is 1.19 bits per heavy atom. The molecule has 2 N–H and O–H groups in total. The lowest BCUT2D eigenvalue weighted by atomic mass is 10.2. The van der Waals surface area contributed by atoms with Gasteiger partial charge in [0.25, 0.3) is 0 Å². The average Bonchev–Trinajstić information content (AvgIpc) is 2.44. The van der Waals surface area contributed by atoms with E-state index in [9.17, 15) is 9.18 Å². The van der Waals surface area contributed by atoms with Crippen molar-refractivity contribution >= 4 is 33.2 Å². The third-order valence-electron chi connectivity index (χ3n) is 2.99. The molecule has 5 heteroatoms. The molecule has 0 heterocycles. The number of benzene rings is 2. The minimum absolute atomic E-state index is 0.0602. The van der Waals surface area contributed by atoms with Crippen molar-refractivity contribution in [3.63, 3.8) is 0 Å². The number of halogens is 2. The second kappa shape index (κ2) is 7.22. The molecule has 0 fully saturated rings. The molecular weight excluding hydrogens is 335 g/mol. The molecule has 0 atom stereocenters. The van der Waals surface area contributed by atoms with Gasteiger partial charge in [0.05, 0.1) is 0 Å². The fourth-order valence-corrected chi connectivity index (χ4v) is 2.34. The lowest BCUT2D eigenvalue weighted by Gasteiger charge is -2.10. The van der Waals surface area contributed by atoms with Gasteiger partial charge in [-0.3, -0.25) is 4.79 Å². The Morgan fingerprint density at radius 3 is 2.57 bits per heavy atom. The van der Waals surface area contributed by atoms with E-state index in [4.69, 9.17) is 0 Å². The molecule has 0 aromatic heterocycles. The third-order valence-corrected chi connectivity index (χ3v) is 3.48. The minimum Gasteiger partial charge on any atom is -0.385 e. The van der Waals surface area contributed by atoms with E-state index in [0.29, 0.717) is 13.0 Å². The van der Waals surface area contributed by atoms with Crippen molar-refractivity contribution in [1.82, 2.24) is 0 Å². The molecule has 1 amide bonds. The molecular formula is C16H16BrFN2O. The van der Waals surface area contributed by atoms with E-state index in [1.165, 1.54) is 12.1 Å². The molecule has 2 rings (SSSR count). The van der Waals surface area contributed by atoms with E-state index >= 15 is 0 Å². The molecule has 2 aromatic carbocycles. The number of aryl methyl sites for hydroxylation is 1. The smallest absolute Gasteiger partial charge is 0.226 e. The van der Waals surface area contributed by atoms with Crippen LogP contribution in [-0.4, -0.2) is 12.5 Å². The number of carbonyl (C=O) groups is 1. The van der Waals surface area contributed by atoms with Crippen LogP contribution in [0, 0.1) is 12.7 Å². The minimum atomic E-state index is -0.274. The molecule has 0 saturated heterocycles. The molecule has 0 bridgehead atoms. The number of amides is 1. The van der Waals surface area contributed by atoms with Crippen molar-refractivity contribution in [2.45, 2.75) is 13.3 Å². The monoisotopic (exact) mass is 350 g/mol. The van der Waals surface area contributed by atoms with Gasteiger partial charge in [-0.15, -0.1) is 0 Å². The van der Waals surface area contributed by atoms with Gasteiger partial charge < -0.3 is 10.6 Å². The van der Waals surface area contributed by atoms with Crippen LogP contribution in [0.3, 0.4) is 0 Å². The van der Waals surface area contributed by atoms with Crippen molar-refractivity contribution < 1.29 is 9.18 Å². The second-order valence-corrected chi connectivity index (χ2v) is 5.61. The summed E-state index contributed by atoms with van der Waals surface area (Å²) in [4.78, 5) is 11.9. The van der Waals surface area contributed by atoms with Crippen molar-refractivity contribution in [2.24, 2.45) is 0 Å². The van der Waals surface area contributed by atoms with E-state index in [1.807, 2.05) is 25.1 Å². The van der Waals surface area contributed by atoms with Crippen LogP contribution in [0.1, 0.15) is 12.0 Å². The average molecular weight is 351 g/mol. The van der Waals surface area contributed by atoms with Gasteiger partial charge in [0.2, 0.25) is 5.91 Å². The van der Waals surface area contributed by atoms with Gasteiger partial charge in [0, 0.05) is 28.8 Å². The SMILES string of the molecule is Cc1cc(Br)ccc1NC(=O)CCNc1ccc(F)cc1. The van der Waals surface area contributed by atoms with Gasteiger partial charge in [-0.1, -0.05) is 15.9 Å². The van der Waals surface area contributed by atoms with Crippen LogP contribution in [0.4, 0.5) is 15.8 Å². The molecule has 3 nitrogen and oxygen atoms in total. The summed E-state index contributed by atoms with van der Waals surface area (Å²) in [6, 6.07) is 11.8. The summed E-state index contributed by atoms with van der Waals surface area (Å²) in [5, 5.41) is 5.95. The molecule has 21 heavy (non-hydrogen) atoms. The largest absolute Gasteiger partial charge is 0.385 e. The summed E-state index contributed by atoms with van der Waals surface area (Å²) in [5.74, 6) is -0.334. The Morgan fingerprint density at radius 2 is 1.90 bits per heavy atom. The third kappa shape index (κ3) is 4.86. The van der Waals surface area contributed by atoms with Gasteiger partial charge >= 0.3 is 0 Å². The number of rotatable bonds is 5. The Balaban J connectivity index is 1.81. The Kier molecular flexibility index (Phi) is 5.33. The number of hydrogen-bond acceptors (Lipinski definition) is 2. The van der Waals surface area contributed by atoms with Gasteiger partial charge in [-0.25, -0.2) is 4.39 Å². The first-order valence-corrected chi connectivity index (χ1v) is 7.39. The highest BCUT2D eigenvalue weighted by Gasteiger charge is 2.05. The van der Waals surface area contributed by atoms with E-state index in [0.717, 1.165) is 21.4 Å². The maximum atomic E-state index is 12.8. The molecule has 0 radical (unpaired) electrons. The lowest BCUT2D eigenvalue weighted by molar-refractivity contribution is -0.115. The van der Waals surface area contributed by atoms with Crippen LogP contribution >= 0.6 is 15.9 Å². The van der Waals surface area contributed by atoms with Gasteiger partial charge in [-0.05, 0) is 55.0 Å². The Bertz CT molecular complexity index is 629. The summed E-state index contributed by atoms with van der Waals surface area (Å²) in [5.41, 5.74) is 2.61. The fourth-order valence-electron chi connectivity index (χ4n) is 1.87. The summed E-state index contributed by atoms with van der Waals surface area (Å²) in [7, 11) is 0. The highest BCUT2D eigenvalue weighted by Crippen LogP contribution is 2.20. The van der Waals surface area contributed by atoms with Crippen molar-refractivity contribution in [3.8, 4) is 0 Å². The summed E-state index contributed by atoms with van der Waals surface area (Å²) in [6.07, 6.45) is 0.340. The summed E-state index contributed by atoms with van der Waals surface area (Å²) >= 11 is 3.39. The van der Waals surface area contributed by atoms with Gasteiger partial charge in [0.1, 0.15) is 5.82 Å². The van der Waals surface area contributed by atoms with E-state index in [1.54, 1.807) is 12.1 Å². The Hall–Kier alpha value is -1.88. The predicted molar refractivity (Wildman–Crippen MR) is 87.0 cm³/mol. The first-order chi connectivity index (χ1) is 10.0. The van der Waals surface area contributed by atoms with Crippen LogP contribution in [-0.2, 0) is 4.79 Å². The normalized spacial score (nSPS) is 10.2. The zero-order valence-corrected chi connectivity index (χ0v) is 13.2. The van der Waals surface area contributed by atoms with Crippen LogP contribution in [0.15, 0.2) is 46.9 Å². The van der Waals surface area contributed by atoms with Crippen molar-refractivity contribution in [1.29, 1.82) is 0 Å². The van der Waals surface area contributed by atoms with Crippen LogP contribution in [0.5, 0.6) is 0 Å². The molecule has 2 aromatic rings. The van der Waals surface area contributed by atoms with Gasteiger partial charge in [0.15, 0.2) is 0 Å². The van der Waals surface area contributed by atoms with Crippen LogP contribution in [0.2, 0.25) is 0 Å². The summed E-state index contributed by atoms with van der Waals surface area (Å²) in [6.45, 7) is 2.43. The zero-order chi connectivity index (χ0) is 15.2. The highest BCUT2D eigenvalue weighted by molar-refractivity contribution is 9.10. The molecule has 0 unspecified atom stereocenters. The molecule has 0 aliphatic heterocycles. The molecule has 0 spiro atoms. The topological polar surface area (TPSA) is 41.1 Å². The predicted octanol–water partition coefficient (Wildman–Crippen LogP) is 4.34. The lowest BCUT2D eigenvalue weighted by Crippen LogP contribution is -2.16. The first kappa shape index (κ1) is 15.5. The molecule has 110 valence electrons. The quantitative estimate of drug-likeness (QED) is 0.842. The van der Waals surface area contributed by atoms with Crippen LogP contribution < -0.4 is 10.6 Å². The van der Waals surface area contributed by atoms with Crippen molar-refractivity contribution in [3.05, 3.63) is 58.3 Å². The molecule has 0 aliphatic carbocycles. The number of anilines is 2. The fraction of sp³-hybridized carbons (Fsp3) is 0.188. The molecule has 0 saturated carbocycles. The van der Waals surface area contributed by atoms with E-state index in [-0.39, 0.29) is 11.7 Å². The molecule has 0 aliphatic rings. The number of hydrogen-bond donors (Lipinski definition) is 2. The standard InChI is InChI=1S/C16H16BrFN2O/c1-11-10-12(17)2-7-15(11)20-16(21)8-9-19-14-5-3-13(18)4-6-14/h2-7,10,19H,8-9H2,1H3,(H,20,21). The van der Waals surface area contributed by atoms with Crippen molar-refractivity contribution in [2.75, 3.05) is 17.2 Å². The maximum Gasteiger partial charge on any atom is 0.226 e. The van der Waals surface area contributed by atoms with Gasteiger partial charge in [-0.2, -0.15) is 0 Å². The maximum absolute atomic E-state index is 12.8. The zero-order valence-electron chi connectivity index (χ0n) is 11.6. The highest BCUT2D eigenvalue weighted by atomic mass is 79.9. The first-order valence-electron chi connectivity index (χ1n) is 6.60. The number of carbonyl (C=O) groups excluding carboxylic acids is 1. The second-order valence-electron chi connectivity index (χ2n) is 4.69. The van der Waals surface area contributed by atoms with Crippen LogP contribution in [0.25, 0.3) is 0 Å². The Labute approximate surface area is 131 Å². The number of nitrogens with one attached hydrogen (secondary N) is 2. The summed E-state index contributed by atoms with van der Waals surface area (Å²) < 4.78 is 13.7. The van der Waals surface area contributed by atoms with E-state index in [2.05, 4.69) is 26.6 Å². The van der Waals surface area contributed by atoms with E-state index < -0.39 is 0 Å².